The van der Waals surface area contributed by atoms with Crippen molar-refractivity contribution in [3.05, 3.63) is 50.6 Å². The van der Waals surface area contributed by atoms with E-state index in [1.54, 1.807) is 23.1 Å². The number of thiophene rings is 1. The maximum atomic E-state index is 6.26. The molecule has 1 aliphatic rings. The third kappa shape index (κ3) is 2.54. The van der Waals surface area contributed by atoms with Crippen LogP contribution in [0.25, 0.3) is 15.9 Å². The highest BCUT2D eigenvalue weighted by molar-refractivity contribution is 7.98. The number of thioether (sulfide) groups is 1. The smallest absolute Gasteiger partial charge is 0.197 e. The van der Waals surface area contributed by atoms with E-state index in [1.807, 2.05) is 28.9 Å². The topological polar surface area (TPSA) is 43.1 Å². The number of rotatable bonds is 3. The predicted octanol–water partition coefficient (Wildman–Crippen LogP) is 5.43. The highest BCUT2D eigenvalue weighted by Crippen LogP contribution is 2.39. The SMILES string of the molecule is Clc1cccc(Cl)c1CSc1nnc2c3c4c(sc3ncn12)CCC4. The van der Waals surface area contributed by atoms with E-state index in [2.05, 4.69) is 15.2 Å². The first kappa shape index (κ1) is 15.9. The summed E-state index contributed by atoms with van der Waals surface area (Å²) in [6, 6.07) is 5.55. The molecule has 0 fully saturated rings. The largest absolute Gasteiger partial charge is 0.260 e. The molecule has 1 aromatic carbocycles. The van der Waals surface area contributed by atoms with E-state index in [9.17, 15) is 0 Å². The lowest BCUT2D eigenvalue weighted by Crippen LogP contribution is -1.92. The lowest BCUT2D eigenvalue weighted by molar-refractivity contribution is 0.905. The minimum atomic E-state index is 0.638. The zero-order valence-corrected chi connectivity index (χ0v) is 16.1. The van der Waals surface area contributed by atoms with Crippen molar-refractivity contribution in [3.8, 4) is 0 Å². The fraction of sp³-hybridized carbons (Fsp3) is 0.235. The summed E-state index contributed by atoms with van der Waals surface area (Å²) < 4.78 is 1.98. The molecule has 25 heavy (non-hydrogen) atoms. The molecule has 0 unspecified atom stereocenters. The fourth-order valence-corrected chi connectivity index (χ4v) is 6.15. The number of aromatic nitrogens is 4. The van der Waals surface area contributed by atoms with E-state index >= 15 is 0 Å². The van der Waals surface area contributed by atoms with Gasteiger partial charge in [-0.05, 0) is 42.5 Å². The third-order valence-electron chi connectivity index (χ3n) is 4.49. The molecule has 5 rings (SSSR count). The average Bonchev–Trinajstić information content (AvgIpc) is 3.27. The van der Waals surface area contributed by atoms with Gasteiger partial charge in [0.1, 0.15) is 11.2 Å². The van der Waals surface area contributed by atoms with Crippen molar-refractivity contribution in [3.63, 3.8) is 0 Å². The number of aryl methyl sites for hydroxylation is 2. The summed E-state index contributed by atoms with van der Waals surface area (Å²) in [6.45, 7) is 0. The number of halogens is 2. The Morgan fingerprint density at radius 3 is 2.84 bits per heavy atom. The molecule has 3 heterocycles. The molecule has 3 aromatic heterocycles. The lowest BCUT2D eigenvalue weighted by atomic mass is 10.2. The van der Waals surface area contributed by atoms with Gasteiger partial charge in [0, 0.05) is 20.7 Å². The van der Waals surface area contributed by atoms with E-state index in [0.29, 0.717) is 15.8 Å². The van der Waals surface area contributed by atoms with Gasteiger partial charge in [-0.2, -0.15) is 0 Å². The summed E-state index contributed by atoms with van der Waals surface area (Å²) in [5, 5.41) is 12.1. The predicted molar refractivity (Wildman–Crippen MR) is 104 cm³/mol. The van der Waals surface area contributed by atoms with Crippen LogP contribution in [0.4, 0.5) is 0 Å². The molecule has 4 nitrogen and oxygen atoms in total. The van der Waals surface area contributed by atoms with Gasteiger partial charge in [-0.15, -0.1) is 21.5 Å². The third-order valence-corrected chi connectivity index (χ3v) is 7.37. The van der Waals surface area contributed by atoms with Gasteiger partial charge in [0.15, 0.2) is 10.8 Å². The van der Waals surface area contributed by atoms with Crippen molar-refractivity contribution in [2.75, 3.05) is 0 Å². The number of nitrogens with zero attached hydrogens (tertiary/aromatic N) is 4. The molecule has 0 radical (unpaired) electrons. The minimum absolute atomic E-state index is 0.638. The monoisotopic (exact) mass is 406 g/mol. The first-order chi connectivity index (χ1) is 12.2. The number of hydrogen-bond donors (Lipinski definition) is 0. The molecule has 0 N–H and O–H groups in total. The van der Waals surface area contributed by atoms with Crippen LogP contribution in [-0.2, 0) is 18.6 Å². The van der Waals surface area contributed by atoms with E-state index in [0.717, 1.165) is 34.0 Å². The van der Waals surface area contributed by atoms with E-state index < -0.39 is 0 Å². The molecule has 0 saturated carbocycles. The fourth-order valence-electron chi connectivity index (χ4n) is 3.28. The van der Waals surface area contributed by atoms with Crippen LogP contribution in [0.5, 0.6) is 0 Å². The molecular weight excluding hydrogens is 395 g/mol. The Balaban J connectivity index is 1.55. The van der Waals surface area contributed by atoms with E-state index in [-0.39, 0.29) is 0 Å². The quantitative estimate of drug-likeness (QED) is 0.425. The molecule has 4 aromatic rings. The molecule has 126 valence electrons. The van der Waals surface area contributed by atoms with Gasteiger partial charge in [0.25, 0.3) is 0 Å². The summed E-state index contributed by atoms with van der Waals surface area (Å²) in [6.07, 6.45) is 5.31. The Kier molecular flexibility index (Phi) is 3.89. The van der Waals surface area contributed by atoms with Crippen LogP contribution < -0.4 is 0 Å². The Morgan fingerprint density at radius 2 is 2.00 bits per heavy atom. The first-order valence-electron chi connectivity index (χ1n) is 7.92. The van der Waals surface area contributed by atoms with Crippen molar-refractivity contribution in [1.82, 2.24) is 19.6 Å². The van der Waals surface area contributed by atoms with Gasteiger partial charge >= 0.3 is 0 Å². The second-order valence-electron chi connectivity index (χ2n) is 5.95. The lowest BCUT2D eigenvalue weighted by Gasteiger charge is -2.05. The number of fused-ring (bicyclic) bond motifs is 5. The van der Waals surface area contributed by atoms with Crippen LogP contribution >= 0.6 is 46.3 Å². The Hall–Kier alpha value is -1.34. The molecule has 0 aliphatic heterocycles. The Labute approximate surface area is 162 Å². The van der Waals surface area contributed by atoms with Gasteiger partial charge in [0.05, 0.1) is 5.39 Å². The highest BCUT2D eigenvalue weighted by atomic mass is 35.5. The van der Waals surface area contributed by atoms with Gasteiger partial charge in [-0.3, -0.25) is 4.40 Å². The summed E-state index contributed by atoms with van der Waals surface area (Å²) in [5.74, 6) is 0.638. The van der Waals surface area contributed by atoms with Crippen LogP contribution in [0.15, 0.2) is 29.7 Å². The van der Waals surface area contributed by atoms with Crippen molar-refractivity contribution < 1.29 is 0 Å². The van der Waals surface area contributed by atoms with Gasteiger partial charge in [0.2, 0.25) is 0 Å². The molecule has 0 atom stereocenters. The zero-order valence-electron chi connectivity index (χ0n) is 13.0. The highest BCUT2D eigenvalue weighted by Gasteiger charge is 2.22. The normalized spacial score (nSPS) is 13.8. The molecule has 0 spiro atoms. The number of benzene rings is 1. The summed E-state index contributed by atoms with van der Waals surface area (Å²) in [4.78, 5) is 7.15. The van der Waals surface area contributed by atoms with Crippen LogP contribution in [0.2, 0.25) is 10.0 Å². The summed E-state index contributed by atoms with van der Waals surface area (Å²) in [5.41, 5.74) is 3.23. The van der Waals surface area contributed by atoms with E-state index in [4.69, 9.17) is 23.2 Å². The summed E-state index contributed by atoms with van der Waals surface area (Å²) >= 11 is 15.9. The second-order valence-corrected chi connectivity index (χ2v) is 8.79. The van der Waals surface area contributed by atoms with Crippen molar-refractivity contribution in [2.45, 2.75) is 30.2 Å². The van der Waals surface area contributed by atoms with Crippen molar-refractivity contribution >= 4 is 62.2 Å². The van der Waals surface area contributed by atoms with E-state index in [1.165, 1.54) is 22.2 Å². The van der Waals surface area contributed by atoms with Crippen LogP contribution in [0, 0.1) is 0 Å². The zero-order chi connectivity index (χ0) is 17.0. The van der Waals surface area contributed by atoms with Crippen LogP contribution in [0.1, 0.15) is 22.4 Å². The number of hydrogen-bond acceptors (Lipinski definition) is 5. The first-order valence-corrected chi connectivity index (χ1v) is 10.5. The Bertz CT molecular complexity index is 1100. The van der Waals surface area contributed by atoms with Crippen molar-refractivity contribution in [2.24, 2.45) is 0 Å². The minimum Gasteiger partial charge on any atom is -0.260 e. The summed E-state index contributed by atoms with van der Waals surface area (Å²) in [7, 11) is 0. The van der Waals surface area contributed by atoms with Gasteiger partial charge in [-0.1, -0.05) is 41.0 Å². The molecule has 8 heteroatoms. The maximum Gasteiger partial charge on any atom is 0.197 e. The van der Waals surface area contributed by atoms with Crippen molar-refractivity contribution in [1.29, 1.82) is 0 Å². The maximum absolute atomic E-state index is 6.26. The standard InChI is InChI=1S/C17H12Cl2N4S2/c18-11-4-2-5-12(19)10(11)7-24-17-22-21-15-14-9-3-1-6-13(9)25-16(14)20-8-23(15)17/h2,4-5,8H,1,3,6-7H2. The van der Waals surface area contributed by atoms with Crippen LogP contribution in [0.3, 0.4) is 0 Å². The van der Waals surface area contributed by atoms with Crippen LogP contribution in [-0.4, -0.2) is 19.6 Å². The molecule has 0 saturated heterocycles. The average molecular weight is 407 g/mol. The second kappa shape index (κ2) is 6.13. The molecular formula is C17H12Cl2N4S2. The Morgan fingerprint density at radius 1 is 1.16 bits per heavy atom. The molecule has 0 amide bonds. The molecule has 1 aliphatic carbocycles. The van der Waals surface area contributed by atoms with Gasteiger partial charge < -0.3 is 0 Å². The molecule has 0 bridgehead atoms. The van der Waals surface area contributed by atoms with Gasteiger partial charge in [-0.25, -0.2) is 4.98 Å².